The van der Waals surface area contributed by atoms with Crippen LogP contribution in [0.15, 0.2) is 53.1 Å². The predicted octanol–water partition coefficient (Wildman–Crippen LogP) is 6.11. The Balaban J connectivity index is 1.77. The van der Waals surface area contributed by atoms with Crippen molar-refractivity contribution in [2.45, 2.75) is 27.0 Å². The van der Waals surface area contributed by atoms with E-state index >= 15 is 0 Å². The van der Waals surface area contributed by atoms with Gasteiger partial charge >= 0.3 is 0 Å². The zero-order valence-corrected chi connectivity index (χ0v) is 19.3. The van der Waals surface area contributed by atoms with Gasteiger partial charge in [-0.1, -0.05) is 23.7 Å². The van der Waals surface area contributed by atoms with Gasteiger partial charge in [0, 0.05) is 22.8 Å². The third kappa shape index (κ3) is 5.12. The summed E-state index contributed by atoms with van der Waals surface area (Å²) in [5, 5.41) is 4.86. The minimum Gasteiger partial charge on any atom is -0.496 e. The Bertz CT molecular complexity index is 1090. The highest BCUT2D eigenvalue weighted by atomic mass is 79.9. The maximum atomic E-state index is 12.5. The molecule has 0 aliphatic carbocycles. The number of carbonyl (C=O) groups excluding carboxylic acids is 1. The van der Waals surface area contributed by atoms with E-state index in [2.05, 4.69) is 21.0 Å². The third-order valence-corrected chi connectivity index (χ3v) is 5.53. The molecule has 0 N–H and O–H groups in total. The van der Waals surface area contributed by atoms with Crippen LogP contribution in [-0.2, 0) is 13.2 Å². The first kappa shape index (κ1) is 22.1. The zero-order chi connectivity index (χ0) is 21.7. The molecule has 3 aromatic rings. The van der Waals surface area contributed by atoms with Crippen LogP contribution < -0.4 is 9.47 Å². The highest BCUT2D eigenvalue weighted by molar-refractivity contribution is 9.10. The van der Waals surface area contributed by atoms with Crippen molar-refractivity contribution in [1.82, 2.24) is 9.78 Å². The summed E-state index contributed by atoms with van der Waals surface area (Å²) in [5.41, 5.74) is 3.21. The van der Waals surface area contributed by atoms with Crippen LogP contribution in [0.1, 0.15) is 34.1 Å². The van der Waals surface area contributed by atoms with Gasteiger partial charge in [0.2, 0.25) is 0 Å². The standard InChI is InChI=1S/C23H22BrClN2O3/c1-4-27-15(2)19(13-26-27)21(28)8-5-16-6-9-22(29-3)17(11-16)14-30-23-10-7-18(25)12-20(23)24/h5-13H,4,14H2,1-3H3/b8-5+. The number of halogens is 2. The molecular formula is C23H22BrClN2O3. The Kier molecular flexibility index (Phi) is 7.34. The van der Waals surface area contributed by atoms with E-state index in [-0.39, 0.29) is 5.78 Å². The van der Waals surface area contributed by atoms with Gasteiger partial charge in [0.1, 0.15) is 18.1 Å². The SMILES string of the molecule is CCn1ncc(C(=O)/C=C/c2ccc(OC)c(COc3ccc(Cl)cc3Br)c2)c1C. The first-order valence-electron chi connectivity index (χ1n) is 9.42. The van der Waals surface area contributed by atoms with E-state index in [9.17, 15) is 4.79 Å². The molecule has 0 bridgehead atoms. The summed E-state index contributed by atoms with van der Waals surface area (Å²) in [5.74, 6) is 1.32. The fourth-order valence-electron chi connectivity index (χ4n) is 3.03. The van der Waals surface area contributed by atoms with E-state index in [1.807, 2.05) is 32.0 Å². The van der Waals surface area contributed by atoms with Crippen molar-refractivity contribution in [3.8, 4) is 11.5 Å². The summed E-state index contributed by atoms with van der Waals surface area (Å²) in [7, 11) is 1.62. The number of aromatic nitrogens is 2. The molecule has 0 radical (unpaired) electrons. The van der Waals surface area contributed by atoms with Gasteiger partial charge in [0.25, 0.3) is 0 Å². The number of aryl methyl sites for hydroxylation is 1. The van der Waals surface area contributed by atoms with Crippen molar-refractivity contribution in [1.29, 1.82) is 0 Å². The number of hydrogen-bond donors (Lipinski definition) is 0. The molecular weight excluding hydrogens is 468 g/mol. The average Bonchev–Trinajstić information content (AvgIpc) is 3.12. The Morgan fingerprint density at radius 3 is 2.67 bits per heavy atom. The molecule has 0 aliphatic heterocycles. The molecule has 7 heteroatoms. The second-order valence-corrected chi connectivity index (χ2v) is 7.88. The Hall–Kier alpha value is -2.57. The number of allylic oxidation sites excluding steroid dienone is 1. The van der Waals surface area contributed by atoms with Gasteiger partial charge in [-0.15, -0.1) is 0 Å². The van der Waals surface area contributed by atoms with Gasteiger partial charge in [-0.3, -0.25) is 9.48 Å². The minimum absolute atomic E-state index is 0.0779. The number of benzene rings is 2. The average molecular weight is 490 g/mol. The Morgan fingerprint density at radius 2 is 2.00 bits per heavy atom. The smallest absolute Gasteiger partial charge is 0.189 e. The van der Waals surface area contributed by atoms with Crippen LogP contribution >= 0.6 is 27.5 Å². The molecule has 0 spiro atoms. The molecule has 1 aromatic heterocycles. The lowest BCUT2D eigenvalue weighted by atomic mass is 10.1. The lowest BCUT2D eigenvalue weighted by molar-refractivity contribution is 0.104. The molecule has 1 heterocycles. The summed E-state index contributed by atoms with van der Waals surface area (Å²) in [6, 6.07) is 11.1. The highest BCUT2D eigenvalue weighted by Crippen LogP contribution is 2.30. The number of methoxy groups -OCH3 is 1. The summed E-state index contributed by atoms with van der Waals surface area (Å²) < 4.78 is 13.9. The normalized spacial score (nSPS) is 11.1. The second-order valence-electron chi connectivity index (χ2n) is 6.59. The first-order valence-corrected chi connectivity index (χ1v) is 10.6. The Labute approximate surface area is 189 Å². The van der Waals surface area contributed by atoms with Crippen LogP contribution in [0.4, 0.5) is 0 Å². The summed E-state index contributed by atoms with van der Waals surface area (Å²) in [6.45, 7) is 4.93. The first-order chi connectivity index (χ1) is 14.4. The van der Waals surface area contributed by atoms with Crippen LogP contribution in [0, 0.1) is 6.92 Å². The van der Waals surface area contributed by atoms with Gasteiger partial charge in [-0.25, -0.2) is 0 Å². The van der Waals surface area contributed by atoms with Crippen molar-refractivity contribution in [2.75, 3.05) is 7.11 Å². The molecule has 0 atom stereocenters. The van der Waals surface area contributed by atoms with Crippen molar-refractivity contribution < 1.29 is 14.3 Å². The number of ketones is 1. The molecule has 0 unspecified atom stereocenters. The third-order valence-electron chi connectivity index (χ3n) is 4.68. The Morgan fingerprint density at radius 1 is 1.23 bits per heavy atom. The molecule has 5 nitrogen and oxygen atoms in total. The number of carbonyl (C=O) groups is 1. The van der Waals surface area contributed by atoms with Crippen LogP contribution in [0.2, 0.25) is 5.02 Å². The number of hydrogen-bond acceptors (Lipinski definition) is 4. The fraction of sp³-hybridized carbons (Fsp3) is 0.217. The van der Waals surface area contributed by atoms with Crippen molar-refractivity contribution in [3.63, 3.8) is 0 Å². The second kappa shape index (κ2) is 9.96. The molecule has 30 heavy (non-hydrogen) atoms. The van der Waals surface area contributed by atoms with E-state index in [4.69, 9.17) is 21.1 Å². The van der Waals surface area contributed by atoms with Gasteiger partial charge in [0.05, 0.1) is 23.3 Å². The van der Waals surface area contributed by atoms with E-state index in [1.54, 1.807) is 48.3 Å². The maximum Gasteiger partial charge on any atom is 0.189 e. The van der Waals surface area contributed by atoms with Crippen molar-refractivity contribution in [3.05, 3.63) is 80.6 Å². The molecule has 156 valence electrons. The maximum absolute atomic E-state index is 12.5. The van der Waals surface area contributed by atoms with Gasteiger partial charge < -0.3 is 9.47 Å². The summed E-state index contributed by atoms with van der Waals surface area (Å²) in [6.07, 6.45) is 4.96. The number of nitrogens with zero attached hydrogens (tertiary/aromatic N) is 2. The quantitative estimate of drug-likeness (QED) is 0.283. The van der Waals surface area contributed by atoms with Gasteiger partial charge in [-0.2, -0.15) is 5.10 Å². The van der Waals surface area contributed by atoms with E-state index < -0.39 is 0 Å². The van der Waals surface area contributed by atoms with Crippen LogP contribution in [0.3, 0.4) is 0 Å². The number of rotatable bonds is 8. The van der Waals surface area contributed by atoms with Crippen LogP contribution in [0.25, 0.3) is 6.08 Å². The topological polar surface area (TPSA) is 53.4 Å². The molecule has 0 aliphatic rings. The molecule has 0 saturated carbocycles. The summed E-state index contributed by atoms with van der Waals surface area (Å²) in [4.78, 5) is 12.5. The van der Waals surface area contributed by atoms with Crippen LogP contribution in [-0.4, -0.2) is 22.7 Å². The van der Waals surface area contributed by atoms with Crippen molar-refractivity contribution >= 4 is 39.4 Å². The lowest BCUT2D eigenvalue weighted by Gasteiger charge is -2.12. The molecule has 2 aromatic carbocycles. The van der Waals surface area contributed by atoms with E-state index in [0.29, 0.717) is 28.7 Å². The van der Waals surface area contributed by atoms with Crippen LogP contribution in [0.5, 0.6) is 11.5 Å². The highest BCUT2D eigenvalue weighted by Gasteiger charge is 2.11. The monoisotopic (exact) mass is 488 g/mol. The molecule has 0 amide bonds. The lowest BCUT2D eigenvalue weighted by Crippen LogP contribution is -2.02. The molecule has 0 saturated heterocycles. The predicted molar refractivity (Wildman–Crippen MR) is 122 cm³/mol. The summed E-state index contributed by atoms with van der Waals surface area (Å²) >= 11 is 9.43. The largest absolute Gasteiger partial charge is 0.496 e. The van der Waals surface area contributed by atoms with E-state index in [0.717, 1.165) is 27.8 Å². The molecule has 0 fully saturated rings. The minimum atomic E-state index is -0.0779. The van der Waals surface area contributed by atoms with Gasteiger partial charge in [-0.05, 0) is 71.7 Å². The number of ether oxygens (including phenoxy) is 2. The van der Waals surface area contributed by atoms with Gasteiger partial charge in [0.15, 0.2) is 5.78 Å². The zero-order valence-electron chi connectivity index (χ0n) is 17.0. The molecule has 3 rings (SSSR count). The fourth-order valence-corrected chi connectivity index (χ4v) is 3.83. The van der Waals surface area contributed by atoms with Crippen molar-refractivity contribution in [2.24, 2.45) is 0 Å². The van der Waals surface area contributed by atoms with E-state index in [1.165, 1.54) is 0 Å².